The molecule has 0 radical (unpaired) electrons. The highest BCUT2D eigenvalue weighted by atomic mass is 32.2. The number of carbonyl (C=O) groups is 1. The molecular weight excluding hydrogens is 352 g/mol. The van der Waals surface area contributed by atoms with E-state index in [0.717, 1.165) is 0 Å². The SMILES string of the molecule is CC(=O)c1ccc(S(=O)(=O)c2cccc([C@@]3(O)CCO[C@@H](C)C3)c2)cc1. The van der Waals surface area contributed by atoms with Gasteiger partial charge in [0.1, 0.15) is 0 Å². The number of sulfone groups is 1. The van der Waals surface area contributed by atoms with Gasteiger partial charge >= 0.3 is 0 Å². The van der Waals surface area contributed by atoms with Gasteiger partial charge in [0.15, 0.2) is 5.78 Å². The molecule has 2 atom stereocenters. The van der Waals surface area contributed by atoms with Crippen molar-refractivity contribution >= 4 is 15.6 Å². The Morgan fingerprint density at radius 2 is 1.85 bits per heavy atom. The fraction of sp³-hybridized carbons (Fsp3) is 0.350. The third-order valence-corrected chi connectivity index (χ3v) is 6.56. The molecule has 0 amide bonds. The van der Waals surface area contributed by atoms with Crippen molar-refractivity contribution in [2.45, 2.75) is 48.2 Å². The molecule has 1 aliphatic rings. The van der Waals surface area contributed by atoms with Crippen LogP contribution in [-0.4, -0.2) is 32.0 Å². The van der Waals surface area contributed by atoms with Crippen molar-refractivity contribution < 1.29 is 23.1 Å². The summed E-state index contributed by atoms with van der Waals surface area (Å²) in [6.07, 6.45) is 0.756. The van der Waals surface area contributed by atoms with Crippen molar-refractivity contribution in [1.29, 1.82) is 0 Å². The summed E-state index contributed by atoms with van der Waals surface area (Å²) in [7, 11) is -3.74. The Balaban J connectivity index is 1.97. The number of carbonyl (C=O) groups excluding carboxylic acids is 1. The number of benzene rings is 2. The number of Topliss-reactive ketones (excluding diaryl/α,β-unsaturated/α-hetero) is 1. The summed E-state index contributed by atoms with van der Waals surface area (Å²) in [6.45, 7) is 3.75. The van der Waals surface area contributed by atoms with Gasteiger partial charge in [0.25, 0.3) is 0 Å². The van der Waals surface area contributed by atoms with Crippen LogP contribution in [0.15, 0.2) is 58.3 Å². The molecule has 0 aromatic heterocycles. The van der Waals surface area contributed by atoms with Gasteiger partial charge in [-0.3, -0.25) is 4.79 Å². The maximum atomic E-state index is 12.9. The van der Waals surface area contributed by atoms with Crippen LogP contribution in [0.1, 0.15) is 42.6 Å². The molecule has 0 aliphatic carbocycles. The summed E-state index contributed by atoms with van der Waals surface area (Å²) in [5, 5.41) is 11.0. The Morgan fingerprint density at radius 3 is 2.46 bits per heavy atom. The largest absolute Gasteiger partial charge is 0.385 e. The van der Waals surface area contributed by atoms with Crippen molar-refractivity contribution in [2.75, 3.05) is 6.61 Å². The summed E-state index contributed by atoms with van der Waals surface area (Å²) in [5.41, 5.74) is -0.0564. The molecule has 138 valence electrons. The molecule has 26 heavy (non-hydrogen) atoms. The predicted octanol–water partition coefficient (Wildman–Crippen LogP) is 3.11. The summed E-state index contributed by atoms with van der Waals surface area (Å²) in [5.74, 6) is -0.119. The summed E-state index contributed by atoms with van der Waals surface area (Å²) < 4.78 is 31.3. The van der Waals surface area contributed by atoms with Crippen molar-refractivity contribution in [3.8, 4) is 0 Å². The molecule has 6 heteroatoms. The smallest absolute Gasteiger partial charge is 0.206 e. The molecule has 1 aliphatic heterocycles. The molecule has 5 nitrogen and oxygen atoms in total. The maximum Gasteiger partial charge on any atom is 0.206 e. The Kier molecular flexibility index (Phi) is 5.01. The van der Waals surface area contributed by atoms with Crippen molar-refractivity contribution in [2.24, 2.45) is 0 Å². The second kappa shape index (κ2) is 6.95. The van der Waals surface area contributed by atoms with Crippen molar-refractivity contribution in [1.82, 2.24) is 0 Å². The minimum atomic E-state index is -3.74. The third-order valence-electron chi connectivity index (χ3n) is 4.80. The van der Waals surface area contributed by atoms with E-state index >= 15 is 0 Å². The first-order valence-corrected chi connectivity index (χ1v) is 10.0. The van der Waals surface area contributed by atoms with Crippen LogP contribution in [-0.2, 0) is 20.2 Å². The zero-order valence-electron chi connectivity index (χ0n) is 14.8. The number of ketones is 1. The molecule has 2 aromatic rings. The van der Waals surface area contributed by atoms with E-state index in [0.29, 0.717) is 30.6 Å². The number of aliphatic hydroxyl groups is 1. The Morgan fingerprint density at radius 1 is 1.15 bits per heavy atom. The molecule has 1 heterocycles. The van der Waals surface area contributed by atoms with Gasteiger partial charge in [0.05, 0.1) is 28.1 Å². The average molecular weight is 374 g/mol. The van der Waals surface area contributed by atoms with E-state index in [2.05, 4.69) is 0 Å². The molecule has 1 saturated heterocycles. The van der Waals surface area contributed by atoms with Crippen LogP contribution < -0.4 is 0 Å². The van der Waals surface area contributed by atoms with Crippen LogP contribution >= 0.6 is 0 Å². The highest BCUT2D eigenvalue weighted by molar-refractivity contribution is 7.91. The topological polar surface area (TPSA) is 80.7 Å². The van der Waals surface area contributed by atoms with Gasteiger partial charge < -0.3 is 9.84 Å². The molecule has 0 spiro atoms. The number of hydrogen-bond acceptors (Lipinski definition) is 5. The standard InChI is InChI=1S/C20H22O5S/c1-14-13-20(22,10-11-25-14)17-4-3-5-19(12-17)26(23,24)18-8-6-16(7-9-18)15(2)21/h3-9,12,14,22H,10-11,13H2,1-2H3/t14-,20+/m0/s1. The monoisotopic (exact) mass is 374 g/mol. The Hall–Kier alpha value is -2.02. The lowest BCUT2D eigenvalue weighted by atomic mass is 9.84. The van der Waals surface area contributed by atoms with Gasteiger partial charge in [0.2, 0.25) is 9.84 Å². The number of rotatable bonds is 4. The van der Waals surface area contributed by atoms with Crippen molar-refractivity contribution in [3.05, 3.63) is 59.7 Å². The fourth-order valence-corrected chi connectivity index (χ4v) is 4.59. The summed E-state index contributed by atoms with van der Waals surface area (Å²) in [6, 6.07) is 12.3. The molecule has 0 saturated carbocycles. The zero-order chi connectivity index (χ0) is 18.9. The maximum absolute atomic E-state index is 12.9. The Labute approximate surface area is 153 Å². The van der Waals surface area contributed by atoms with E-state index in [-0.39, 0.29) is 21.7 Å². The first kappa shape index (κ1) is 18.8. The lowest BCUT2D eigenvalue weighted by molar-refractivity contribution is -0.101. The molecular formula is C20H22O5S. The quantitative estimate of drug-likeness (QED) is 0.832. The van der Waals surface area contributed by atoms with Crippen LogP contribution in [0.3, 0.4) is 0 Å². The summed E-state index contributed by atoms with van der Waals surface area (Å²) in [4.78, 5) is 11.6. The highest BCUT2D eigenvalue weighted by Crippen LogP contribution is 2.36. The third kappa shape index (κ3) is 3.58. The van der Waals surface area contributed by atoms with E-state index in [1.165, 1.54) is 43.3 Å². The fourth-order valence-electron chi connectivity index (χ4n) is 3.29. The van der Waals surface area contributed by atoms with Crippen LogP contribution in [0.4, 0.5) is 0 Å². The van der Waals surface area contributed by atoms with Gasteiger partial charge in [-0.05, 0) is 43.7 Å². The van der Waals surface area contributed by atoms with Gasteiger partial charge in [0, 0.05) is 18.4 Å². The van der Waals surface area contributed by atoms with E-state index in [1.54, 1.807) is 12.1 Å². The van der Waals surface area contributed by atoms with Crippen molar-refractivity contribution in [3.63, 3.8) is 0 Å². The van der Waals surface area contributed by atoms with Gasteiger partial charge in [-0.1, -0.05) is 24.3 Å². The molecule has 1 N–H and O–H groups in total. The second-order valence-electron chi connectivity index (χ2n) is 6.78. The average Bonchev–Trinajstić information content (AvgIpc) is 2.62. The molecule has 0 bridgehead atoms. The molecule has 3 rings (SSSR count). The van der Waals surface area contributed by atoms with Crippen LogP contribution in [0, 0.1) is 0 Å². The first-order valence-electron chi connectivity index (χ1n) is 8.53. The molecule has 0 unspecified atom stereocenters. The minimum Gasteiger partial charge on any atom is -0.385 e. The predicted molar refractivity (Wildman–Crippen MR) is 96.9 cm³/mol. The number of ether oxygens (including phenoxy) is 1. The second-order valence-corrected chi connectivity index (χ2v) is 8.73. The molecule has 2 aromatic carbocycles. The van der Waals surface area contributed by atoms with Gasteiger partial charge in [-0.15, -0.1) is 0 Å². The summed E-state index contributed by atoms with van der Waals surface area (Å²) >= 11 is 0. The van der Waals surface area contributed by atoms with Crippen LogP contribution in [0.25, 0.3) is 0 Å². The Bertz CT molecular complexity index is 917. The zero-order valence-corrected chi connectivity index (χ0v) is 15.6. The van der Waals surface area contributed by atoms with Crippen LogP contribution in [0.2, 0.25) is 0 Å². The van der Waals surface area contributed by atoms with E-state index in [9.17, 15) is 18.3 Å². The first-order chi connectivity index (χ1) is 12.2. The van der Waals surface area contributed by atoms with E-state index < -0.39 is 15.4 Å². The lowest BCUT2D eigenvalue weighted by Crippen LogP contribution is -2.37. The highest BCUT2D eigenvalue weighted by Gasteiger charge is 2.35. The van der Waals surface area contributed by atoms with E-state index in [4.69, 9.17) is 4.74 Å². The minimum absolute atomic E-state index is 0.0897. The number of hydrogen-bond donors (Lipinski definition) is 1. The lowest BCUT2D eigenvalue weighted by Gasteiger charge is -2.36. The van der Waals surface area contributed by atoms with Gasteiger partial charge in [-0.25, -0.2) is 8.42 Å². The van der Waals surface area contributed by atoms with Gasteiger partial charge in [-0.2, -0.15) is 0 Å². The normalized spacial score (nSPS) is 23.6. The van der Waals surface area contributed by atoms with E-state index in [1.807, 2.05) is 6.92 Å². The molecule has 1 fully saturated rings. The van der Waals surface area contributed by atoms with Crippen LogP contribution in [0.5, 0.6) is 0 Å².